The molecule has 1 aromatic carbocycles. The van der Waals surface area contributed by atoms with Crippen LogP contribution in [0.25, 0.3) is 10.9 Å². The number of H-pyrrole nitrogens is 1. The molecule has 3 heterocycles. The second kappa shape index (κ2) is 6.39. The van der Waals surface area contributed by atoms with Crippen LogP contribution in [0.5, 0.6) is 0 Å². The van der Waals surface area contributed by atoms with Gasteiger partial charge in [-0.25, -0.2) is 0 Å². The Bertz CT molecular complexity index is 909. The highest BCUT2D eigenvalue weighted by molar-refractivity contribution is 5.90. The highest BCUT2D eigenvalue weighted by atomic mass is 16.5. The zero-order valence-electron chi connectivity index (χ0n) is 14.7. The molecule has 4 rings (SSSR count). The van der Waals surface area contributed by atoms with Gasteiger partial charge < -0.3 is 14.4 Å². The lowest BCUT2D eigenvalue weighted by Crippen LogP contribution is -2.39. The van der Waals surface area contributed by atoms with E-state index in [9.17, 15) is 4.79 Å². The smallest absolute Gasteiger partial charge is 0.227 e. The summed E-state index contributed by atoms with van der Waals surface area (Å²) in [6, 6.07) is 10.1. The largest absolute Gasteiger partial charge is 0.361 e. The van der Waals surface area contributed by atoms with E-state index >= 15 is 0 Å². The fourth-order valence-corrected chi connectivity index (χ4v) is 3.90. The summed E-state index contributed by atoms with van der Waals surface area (Å²) in [5.74, 6) is 0.957. The highest BCUT2D eigenvalue weighted by Crippen LogP contribution is 2.32. The molecule has 130 valence electrons. The lowest BCUT2D eigenvalue weighted by Gasteiger charge is -2.34. The third-order valence-corrected chi connectivity index (χ3v) is 5.17. The standard InChI is InChI=1S/C20H23N3O2/c1-13-11-18(22-25-13)19-9-5-6-10-23(19)20(24)12-16-14(2)21-17-8-4-3-7-15(16)17/h3-4,7-8,11,19,21H,5-6,9-10,12H2,1-2H3. The fraction of sp³-hybridized carbons (Fsp3) is 0.400. The van der Waals surface area contributed by atoms with E-state index in [0.717, 1.165) is 59.4 Å². The van der Waals surface area contributed by atoms with E-state index in [1.165, 1.54) is 0 Å². The number of rotatable bonds is 3. The Balaban J connectivity index is 1.61. The first-order valence-corrected chi connectivity index (χ1v) is 8.92. The molecule has 1 aliphatic rings. The van der Waals surface area contributed by atoms with Crippen molar-refractivity contribution in [3.05, 3.63) is 53.0 Å². The van der Waals surface area contributed by atoms with Gasteiger partial charge in [0.15, 0.2) is 0 Å². The molecule has 5 heteroatoms. The number of para-hydroxylation sites is 1. The Hall–Kier alpha value is -2.56. The molecule has 0 bridgehead atoms. The van der Waals surface area contributed by atoms with Gasteiger partial charge in [0.25, 0.3) is 0 Å². The summed E-state index contributed by atoms with van der Waals surface area (Å²) in [5.41, 5.74) is 4.13. The first kappa shape index (κ1) is 15.9. The van der Waals surface area contributed by atoms with Crippen molar-refractivity contribution in [1.29, 1.82) is 0 Å². The Morgan fingerprint density at radius 3 is 2.96 bits per heavy atom. The lowest BCUT2D eigenvalue weighted by molar-refractivity contribution is -0.134. The van der Waals surface area contributed by atoms with Crippen molar-refractivity contribution in [3.8, 4) is 0 Å². The lowest BCUT2D eigenvalue weighted by atomic mass is 9.97. The summed E-state index contributed by atoms with van der Waals surface area (Å²) in [6.45, 7) is 4.72. The highest BCUT2D eigenvalue weighted by Gasteiger charge is 2.30. The number of nitrogens with one attached hydrogen (secondary N) is 1. The first-order valence-electron chi connectivity index (χ1n) is 8.92. The molecule has 0 spiro atoms. The molecule has 3 aromatic rings. The molecular formula is C20H23N3O2. The van der Waals surface area contributed by atoms with Crippen molar-refractivity contribution in [1.82, 2.24) is 15.0 Å². The Morgan fingerprint density at radius 2 is 2.16 bits per heavy atom. The molecule has 1 amide bonds. The van der Waals surface area contributed by atoms with Crippen molar-refractivity contribution < 1.29 is 9.32 Å². The minimum atomic E-state index is 0.0317. The first-order chi connectivity index (χ1) is 12.1. The molecule has 0 radical (unpaired) electrons. The predicted molar refractivity (Wildman–Crippen MR) is 96.3 cm³/mol. The average molecular weight is 337 g/mol. The number of aromatic nitrogens is 2. The van der Waals surface area contributed by atoms with E-state index < -0.39 is 0 Å². The van der Waals surface area contributed by atoms with Crippen LogP contribution in [0.3, 0.4) is 0 Å². The maximum atomic E-state index is 13.1. The van der Waals surface area contributed by atoms with E-state index in [4.69, 9.17) is 4.52 Å². The molecule has 1 fully saturated rings. The number of carbonyl (C=O) groups is 1. The number of hydrogen-bond acceptors (Lipinski definition) is 3. The Labute approximate surface area is 147 Å². The summed E-state index contributed by atoms with van der Waals surface area (Å²) in [5, 5.41) is 5.30. The van der Waals surface area contributed by atoms with Gasteiger partial charge in [0.1, 0.15) is 11.5 Å². The number of fused-ring (bicyclic) bond motifs is 1. The second-order valence-corrected chi connectivity index (χ2v) is 6.91. The van der Waals surface area contributed by atoms with Crippen LogP contribution in [0.1, 0.15) is 48.0 Å². The number of amides is 1. The Morgan fingerprint density at radius 1 is 1.32 bits per heavy atom. The number of aromatic amines is 1. The van der Waals surface area contributed by atoms with Crippen LogP contribution in [0, 0.1) is 13.8 Å². The third kappa shape index (κ3) is 2.95. The summed E-state index contributed by atoms with van der Waals surface area (Å²) >= 11 is 0. The van der Waals surface area contributed by atoms with Gasteiger partial charge in [0.05, 0.1) is 12.5 Å². The van der Waals surface area contributed by atoms with Gasteiger partial charge in [-0.1, -0.05) is 23.4 Å². The molecule has 1 N–H and O–H groups in total. The van der Waals surface area contributed by atoms with Gasteiger partial charge in [0, 0.05) is 29.2 Å². The molecule has 1 atom stereocenters. The van der Waals surface area contributed by atoms with Crippen molar-refractivity contribution in [2.24, 2.45) is 0 Å². The minimum absolute atomic E-state index is 0.0317. The number of piperidine rings is 1. The predicted octanol–water partition coefficient (Wildman–Crippen LogP) is 4.07. The molecule has 0 aliphatic carbocycles. The van der Waals surface area contributed by atoms with Gasteiger partial charge in [-0.05, 0) is 44.7 Å². The monoisotopic (exact) mass is 337 g/mol. The third-order valence-electron chi connectivity index (χ3n) is 5.17. The molecule has 0 saturated carbocycles. The van der Waals surface area contributed by atoms with E-state index in [1.807, 2.05) is 36.9 Å². The number of aryl methyl sites for hydroxylation is 2. The van der Waals surface area contributed by atoms with Crippen LogP contribution in [0.4, 0.5) is 0 Å². The molecule has 2 aromatic heterocycles. The normalized spacial score (nSPS) is 18.0. The minimum Gasteiger partial charge on any atom is -0.361 e. The van der Waals surface area contributed by atoms with Gasteiger partial charge in [-0.2, -0.15) is 0 Å². The molecular weight excluding hydrogens is 314 g/mol. The number of carbonyl (C=O) groups excluding carboxylic acids is 1. The average Bonchev–Trinajstić information content (AvgIpc) is 3.19. The topological polar surface area (TPSA) is 62.1 Å². The fourth-order valence-electron chi connectivity index (χ4n) is 3.90. The van der Waals surface area contributed by atoms with Gasteiger partial charge in [-0.3, -0.25) is 4.79 Å². The summed E-state index contributed by atoms with van der Waals surface area (Å²) in [4.78, 5) is 18.5. The number of nitrogens with zero attached hydrogens (tertiary/aromatic N) is 2. The summed E-state index contributed by atoms with van der Waals surface area (Å²) in [7, 11) is 0. The van der Waals surface area contributed by atoms with Crippen LogP contribution in [0.2, 0.25) is 0 Å². The number of hydrogen-bond donors (Lipinski definition) is 1. The van der Waals surface area contributed by atoms with Crippen molar-refractivity contribution in [2.75, 3.05) is 6.54 Å². The van der Waals surface area contributed by atoms with Gasteiger partial charge in [0.2, 0.25) is 5.91 Å². The zero-order chi connectivity index (χ0) is 17.4. The number of benzene rings is 1. The van der Waals surface area contributed by atoms with Crippen LogP contribution in [-0.4, -0.2) is 27.5 Å². The van der Waals surface area contributed by atoms with Crippen LogP contribution in [-0.2, 0) is 11.2 Å². The quantitative estimate of drug-likeness (QED) is 0.783. The maximum absolute atomic E-state index is 13.1. The van der Waals surface area contributed by atoms with Crippen LogP contribution >= 0.6 is 0 Å². The van der Waals surface area contributed by atoms with Crippen LogP contribution < -0.4 is 0 Å². The van der Waals surface area contributed by atoms with E-state index in [2.05, 4.69) is 22.3 Å². The SMILES string of the molecule is Cc1cc(C2CCCCN2C(=O)Cc2c(C)[nH]c3ccccc23)no1. The second-order valence-electron chi connectivity index (χ2n) is 6.91. The van der Waals surface area contributed by atoms with Crippen LogP contribution in [0.15, 0.2) is 34.9 Å². The number of likely N-dealkylation sites (tertiary alicyclic amines) is 1. The maximum Gasteiger partial charge on any atom is 0.227 e. The molecule has 1 saturated heterocycles. The van der Waals surface area contributed by atoms with Crippen molar-refractivity contribution in [3.63, 3.8) is 0 Å². The van der Waals surface area contributed by atoms with E-state index in [0.29, 0.717) is 6.42 Å². The molecule has 5 nitrogen and oxygen atoms in total. The van der Waals surface area contributed by atoms with Gasteiger partial charge in [-0.15, -0.1) is 0 Å². The summed E-state index contributed by atoms with van der Waals surface area (Å²) < 4.78 is 5.24. The van der Waals surface area contributed by atoms with Gasteiger partial charge >= 0.3 is 0 Å². The Kier molecular flexibility index (Phi) is 4.07. The zero-order valence-corrected chi connectivity index (χ0v) is 14.7. The van der Waals surface area contributed by atoms with Crippen molar-refractivity contribution >= 4 is 16.8 Å². The summed E-state index contributed by atoms with van der Waals surface area (Å²) in [6.07, 6.45) is 3.53. The van der Waals surface area contributed by atoms with E-state index in [1.54, 1.807) is 0 Å². The molecule has 1 aliphatic heterocycles. The molecule has 25 heavy (non-hydrogen) atoms. The van der Waals surface area contributed by atoms with E-state index in [-0.39, 0.29) is 11.9 Å². The molecule has 1 unspecified atom stereocenters. The van der Waals surface area contributed by atoms with Crippen molar-refractivity contribution in [2.45, 2.75) is 45.6 Å².